The average Bonchev–Trinajstić information content (AvgIpc) is 1.56. The van der Waals surface area contributed by atoms with E-state index in [1.54, 1.807) is 55.4 Å². The van der Waals surface area contributed by atoms with Crippen molar-refractivity contribution in [3.63, 3.8) is 0 Å². The third-order valence-electron chi connectivity index (χ3n) is 26.5. The van der Waals surface area contributed by atoms with Crippen LogP contribution in [0, 0.1) is 91.7 Å². The number of halogens is 8. The van der Waals surface area contributed by atoms with Gasteiger partial charge in [-0.3, -0.25) is 47.8 Å². The minimum atomic E-state index is -4.28. The second-order valence-corrected chi connectivity index (χ2v) is 41.5. The Hall–Kier alpha value is -9.19. The summed E-state index contributed by atoms with van der Waals surface area (Å²) >= 11 is 0. The summed E-state index contributed by atoms with van der Waals surface area (Å²) in [4.78, 5) is 129. The lowest BCUT2D eigenvalue weighted by molar-refractivity contribution is -0.154. The number of carbonyl (C=O) groups is 8. The van der Waals surface area contributed by atoms with Gasteiger partial charge in [0.1, 0.15) is 24.4 Å². The van der Waals surface area contributed by atoms with Gasteiger partial charge in [-0.15, -0.1) is 0 Å². The third kappa shape index (κ3) is 17.8. The zero-order valence-corrected chi connectivity index (χ0v) is 69.9. The number of sulfonamides is 2. The monoisotopic (exact) mass is 1720 g/mol. The Balaban J connectivity index is 0.000000207. The molecule has 3 N–H and O–H groups in total. The van der Waals surface area contributed by atoms with Crippen LogP contribution in [-0.2, 0) is 78.5 Å². The van der Waals surface area contributed by atoms with Gasteiger partial charge >= 0.3 is 17.9 Å². The first kappa shape index (κ1) is 88.6. The molecule has 8 fully saturated rings. The first-order valence-electron chi connectivity index (χ1n) is 40.9. The molecule has 14 rings (SSSR count). The molecule has 6 saturated carbocycles. The molecule has 120 heavy (non-hydrogen) atoms. The van der Waals surface area contributed by atoms with Crippen LogP contribution < -0.4 is 19.5 Å². The second kappa shape index (κ2) is 32.2. The number of ether oxygens (including phenoxy) is 4. The molecule has 4 bridgehead atoms. The van der Waals surface area contributed by atoms with Crippen LogP contribution >= 0.6 is 0 Å². The van der Waals surface area contributed by atoms with Crippen LogP contribution in [0.4, 0.5) is 46.5 Å². The zero-order valence-electron chi connectivity index (χ0n) is 68.2. The summed E-state index contributed by atoms with van der Waals surface area (Å²) < 4.78 is 201. The smallest absolute Gasteiger partial charge is 0.313 e. The molecule has 3 aromatic rings. The number of benzene rings is 2. The molecule has 2 aromatic carbocycles. The highest BCUT2D eigenvalue weighted by Gasteiger charge is 2.70. The van der Waals surface area contributed by atoms with Crippen molar-refractivity contribution >= 4 is 95.5 Å². The quantitative estimate of drug-likeness (QED) is 0.0681. The number of alkyl halides is 8. The molecule has 6 aliphatic carbocycles. The van der Waals surface area contributed by atoms with Crippen molar-refractivity contribution in [2.75, 3.05) is 18.4 Å². The van der Waals surface area contributed by atoms with Gasteiger partial charge in [0, 0.05) is 36.5 Å². The number of anilines is 1. The number of fused-ring (bicyclic) bond motifs is 10. The molecule has 5 aliphatic heterocycles. The molecule has 4 amide bonds. The largest absolute Gasteiger partial charge is 0.473 e. The van der Waals surface area contributed by atoms with Crippen molar-refractivity contribution in [2.24, 2.45) is 74.0 Å². The Labute approximate surface area is 690 Å². The summed E-state index contributed by atoms with van der Waals surface area (Å²) in [5.74, 6) is -22.8. The van der Waals surface area contributed by atoms with E-state index < -0.39 is 251 Å². The lowest BCUT2D eigenvalue weighted by atomic mass is 9.77. The van der Waals surface area contributed by atoms with Gasteiger partial charge in [-0.25, -0.2) is 49.4 Å². The minimum Gasteiger partial charge on any atom is -0.473 e. The van der Waals surface area contributed by atoms with Crippen molar-refractivity contribution < 1.29 is 109 Å². The number of nitrogens with zero attached hydrogens (tertiary/aromatic N) is 7. The van der Waals surface area contributed by atoms with Crippen LogP contribution in [0.3, 0.4) is 0 Å². The van der Waals surface area contributed by atoms with Crippen LogP contribution in [0.1, 0.15) is 202 Å². The van der Waals surface area contributed by atoms with E-state index in [9.17, 15) is 83.3 Å². The molecular weight excluding hydrogens is 1620 g/mol. The number of nitrogens with one attached hydrogen (secondary N) is 3. The molecule has 650 valence electrons. The number of esters is 2. The van der Waals surface area contributed by atoms with Crippen molar-refractivity contribution in [3.8, 4) is 18.0 Å². The molecule has 1 unspecified atom stereocenters. The fraction of sp³-hybridized carbons (Fsp3) is 0.655. The number of nitriles is 2. The fourth-order valence-corrected chi connectivity index (χ4v) is 20.3. The summed E-state index contributed by atoms with van der Waals surface area (Å²) in [6, 6.07) is 7.57. The molecule has 1 aromatic heterocycles. The Kier molecular flexibility index (Phi) is 23.8. The number of aliphatic imine (C=N–C) groups is 1. The Morgan fingerprint density at radius 3 is 1.50 bits per heavy atom. The molecule has 0 radical (unpaired) electrons. The van der Waals surface area contributed by atoms with Gasteiger partial charge in [-0.05, 0) is 175 Å². The number of aromatic nitrogens is 2. The average molecular weight is 1720 g/mol. The van der Waals surface area contributed by atoms with E-state index in [1.807, 2.05) is 21.6 Å². The third-order valence-corrected chi connectivity index (χ3v) is 30.8. The Bertz CT molecular complexity index is 5070. The van der Waals surface area contributed by atoms with E-state index in [4.69, 9.17) is 18.9 Å². The molecular formula is C84H100F8N10O16S2. The maximum Gasteiger partial charge on any atom is 0.313 e. The fourth-order valence-electron chi connectivity index (χ4n) is 17.7. The highest BCUT2D eigenvalue weighted by atomic mass is 32.2. The lowest BCUT2D eigenvalue weighted by Crippen LogP contribution is -2.50. The van der Waals surface area contributed by atoms with Gasteiger partial charge in [0.2, 0.25) is 68.3 Å². The van der Waals surface area contributed by atoms with Crippen LogP contribution in [-0.4, -0.2) is 174 Å². The lowest BCUT2D eigenvalue weighted by Gasteiger charge is -2.35. The maximum absolute atomic E-state index is 16.3. The van der Waals surface area contributed by atoms with Gasteiger partial charge in [0.25, 0.3) is 5.92 Å². The van der Waals surface area contributed by atoms with Crippen molar-refractivity contribution in [1.82, 2.24) is 29.2 Å². The zero-order chi connectivity index (χ0) is 87.5. The topological polar surface area (TPSA) is 370 Å². The molecule has 11 aliphatic rings. The summed E-state index contributed by atoms with van der Waals surface area (Å²) in [5.41, 5.74) is -6.05. The number of hydrogen-bond donors (Lipinski definition) is 3. The Morgan fingerprint density at radius 2 is 1.07 bits per heavy atom. The first-order valence-corrected chi connectivity index (χ1v) is 43.9. The molecule has 2 saturated heterocycles. The predicted molar refractivity (Wildman–Crippen MR) is 416 cm³/mol. The van der Waals surface area contributed by atoms with E-state index in [2.05, 4.69) is 20.3 Å². The van der Waals surface area contributed by atoms with Crippen LogP contribution in [0.5, 0.6) is 5.88 Å². The van der Waals surface area contributed by atoms with Gasteiger partial charge in [0.15, 0.2) is 23.3 Å². The molecule has 0 spiro atoms. The van der Waals surface area contributed by atoms with Crippen LogP contribution in [0.15, 0.2) is 65.7 Å². The summed E-state index contributed by atoms with van der Waals surface area (Å²) in [7, 11) is -8.56. The summed E-state index contributed by atoms with van der Waals surface area (Å²) in [5, 5.41) is 21.9. The molecule has 36 heteroatoms. The van der Waals surface area contributed by atoms with Gasteiger partial charge < -0.3 is 34.1 Å². The molecule has 6 heterocycles. The Morgan fingerprint density at radius 1 is 0.617 bits per heavy atom. The minimum absolute atomic E-state index is 0.0461. The van der Waals surface area contributed by atoms with Crippen LogP contribution in [0.2, 0.25) is 0 Å². The number of rotatable bonds is 16. The van der Waals surface area contributed by atoms with Gasteiger partial charge in [-0.2, -0.15) is 28.1 Å². The predicted octanol–water partition coefficient (Wildman–Crippen LogP) is 12.3. The van der Waals surface area contributed by atoms with E-state index in [-0.39, 0.29) is 116 Å². The highest BCUT2D eigenvalue weighted by molar-refractivity contribution is 7.92. The standard InChI is InChI=1S/C42H51F4N5O8S.C42H49F4N5O8S/c2*1-6-24-31-21-51(33(24)29(52)19-41(18-26(41)35(43)44)38(55)50-60(56,57)40(5)13-14-40)37(54)25(39(2,3)4)17-32(53)58-30-16-23(30)9-7-8-12-42(45,46)34-36(59-31)49-28-15-22(20-47)10-11-27(28)48-34/h8,10-12,15,23-26,30-31,33-35,48H,6-7,9,13-14,16-19,21H2,1-5H3,(H,50,55);8,10-12,15,23-26,30-31,33,35H,6-7,9,13-14,16-19,21H2,1-5H3,(H,50,55)/b2*12-8+/t23-,24-,25-,26+,30-,31+,33+,34?,41-;23-,24-,25-,26+,30-,31+,33+,41-/m11/s1. The SMILES string of the molecule is CC[C@@H]1[C@@H]2CN(C(=O)[C@H](C(C)(C)C)CC(=O)O[C@@H]3C[C@H]3CC/C=C/C(F)(F)C3Nc4ccc(C#N)cc4N=C3O2)[C@@H]1C(=O)C[C@]1(C(=O)NS(=O)(=O)C2(C)CC2)C[C@H]1C(F)F.CC[C@@H]1[C@@H]2CN(C(=O)[C@H](C(C)(C)C)CC(=O)O[C@@H]3C[C@H]3CC/C=C/C(F)(F)c3nc4ccc(C#N)cc4nc3O2)[C@@H]1C(=O)C[C@]1(C(=O)NS(=O)(=O)C2(C)CC2)C[C@H]1C(F)F. The van der Waals surface area contributed by atoms with Gasteiger partial charge in [-0.1, -0.05) is 67.5 Å². The van der Waals surface area contributed by atoms with E-state index >= 15 is 17.6 Å². The van der Waals surface area contributed by atoms with E-state index in [0.29, 0.717) is 31.8 Å². The maximum atomic E-state index is 16.3. The second-order valence-electron chi connectivity index (χ2n) is 37.1. The van der Waals surface area contributed by atoms with Gasteiger partial charge in [0.05, 0.1) is 116 Å². The highest BCUT2D eigenvalue weighted by Crippen LogP contribution is 2.62. The summed E-state index contributed by atoms with van der Waals surface area (Å²) in [6.07, 6.45) is -5.17. The number of hydrogen-bond acceptors (Lipinski definition) is 22. The molecule has 26 nitrogen and oxygen atoms in total. The first-order chi connectivity index (χ1) is 56.1. The van der Waals surface area contributed by atoms with Crippen molar-refractivity contribution in [3.05, 3.63) is 77.5 Å². The number of ketones is 2. The molecule has 17 atom stereocenters. The van der Waals surface area contributed by atoms with Crippen molar-refractivity contribution in [2.45, 2.75) is 262 Å². The van der Waals surface area contributed by atoms with Crippen LogP contribution in [0.25, 0.3) is 11.0 Å². The van der Waals surface area contributed by atoms with E-state index in [1.165, 1.54) is 72.2 Å². The van der Waals surface area contributed by atoms with Crippen molar-refractivity contribution in [1.29, 1.82) is 10.5 Å². The normalized spacial score (nSPS) is 32.7. The number of Topliss-reactive ketones (excluding diaryl/α,β-unsaturated/α-hetero) is 2. The number of amides is 4. The van der Waals surface area contributed by atoms with E-state index in [0.717, 1.165) is 6.08 Å². The number of allylic oxidation sites excluding steroid dienone is 3. The summed E-state index contributed by atoms with van der Waals surface area (Å²) in [6.45, 7) is 15.8. The number of carbonyl (C=O) groups excluding carboxylic acids is 8.